The van der Waals surface area contributed by atoms with E-state index in [0.29, 0.717) is 6.42 Å². The summed E-state index contributed by atoms with van der Waals surface area (Å²) in [6, 6.07) is -0.300. The summed E-state index contributed by atoms with van der Waals surface area (Å²) in [5, 5.41) is 8.79. The number of carboxylic acid groups (broad SMARTS) is 1. The summed E-state index contributed by atoms with van der Waals surface area (Å²) < 4.78 is 37.7. The van der Waals surface area contributed by atoms with Gasteiger partial charge in [0.2, 0.25) is 0 Å². The number of carboxylic acids is 1. The van der Waals surface area contributed by atoms with Crippen LogP contribution in [0.5, 0.6) is 0 Å². The van der Waals surface area contributed by atoms with Crippen LogP contribution >= 0.6 is 0 Å². The fraction of sp³-hybridized carbons (Fsp3) is 0.923. The van der Waals surface area contributed by atoms with Crippen LogP contribution in [0.2, 0.25) is 0 Å². The Labute approximate surface area is 111 Å². The molecule has 0 aromatic rings. The molecule has 19 heavy (non-hydrogen) atoms. The molecule has 0 bridgehead atoms. The highest BCUT2D eigenvalue weighted by Gasteiger charge is 2.40. The third kappa shape index (κ3) is 5.38. The summed E-state index contributed by atoms with van der Waals surface area (Å²) in [6.45, 7) is 4.43. The van der Waals surface area contributed by atoms with Crippen LogP contribution in [-0.4, -0.2) is 41.3 Å². The molecule has 0 aliphatic heterocycles. The minimum Gasteiger partial charge on any atom is -0.480 e. The van der Waals surface area contributed by atoms with Gasteiger partial charge in [0, 0.05) is 6.04 Å². The lowest BCUT2D eigenvalue weighted by molar-refractivity contribution is -0.162. The number of rotatable bonds is 4. The average Bonchev–Trinajstić information content (AvgIpc) is 2.11. The van der Waals surface area contributed by atoms with Gasteiger partial charge in [-0.15, -0.1) is 0 Å². The number of nitrogens with zero attached hydrogens (tertiary/aromatic N) is 1. The van der Waals surface area contributed by atoms with Crippen LogP contribution in [0.25, 0.3) is 0 Å². The Kier molecular flexibility index (Phi) is 4.87. The maximum Gasteiger partial charge on any atom is 0.401 e. The number of carbonyl (C=O) groups is 1. The lowest BCUT2D eigenvalue weighted by atomic mass is 9.70. The van der Waals surface area contributed by atoms with Crippen molar-refractivity contribution >= 4 is 5.97 Å². The molecule has 6 heteroatoms. The SMILES string of the molecule is CC1CC(C)(C)CCC1N(CC(=O)O)CC(F)(F)F. The van der Waals surface area contributed by atoms with Gasteiger partial charge in [-0.25, -0.2) is 0 Å². The number of hydrogen-bond acceptors (Lipinski definition) is 2. The summed E-state index contributed by atoms with van der Waals surface area (Å²) in [5.41, 5.74) is 0.128. The van der Waals surface area contributed by atoms with Gasteiger partial charge in [-0.1, -0.05) is 20.8 Å². The zero-order valence-corrected chi connectivity index (χ0v) is 11.6. The Morgan fingerprint density at radius 2 is 2.00 bits per heavy atom. The van der Waals surface area contributed by atoms with Gasteiger partial charge < -0.3 is 5.11 Å². The molecule has 1 aliphatic rings. The first-order valence-electron chi connectivity index (χ1n) is 6.53. The molecule has 0 aromatic carbocycles. The fourth-order valence-corrected chi connectivity index (χ4v) is 3.17. The van der Waals surface area contributed by atoms with Crippen molar-refractivity contribution in [2.75, 3.05) is 13.1 Å². The highest BCUT2D eigenvalue weighted by Crippen LogP contribution is 2.40. The summed E-state index contributed by atoms with van der Waals surface area (Å²) in [6.07, 6.45) is -2.08. The van der Waals surface area contributed by atoms with Crippen molar-refractivity contribution in [2.45, 2.75) is 52.3 Å². The summed E-state index contributed by atoms with van der Waals surface area (Å²) in [5.74, 6) is -1.13. The van der Waals surface area contributed by atoms with E-state index in [2.05, 4.69) is 13.8 Å². The van der Waals surface area contributed by atoms with Gasteiger partial charge in [0.15, 0.2) is 0 Å². The maximum atomic E-state index is 12.6. The minimum atomic E-state index is -4.36. The molecule has 0 aromatic heterocycles. The number of hydrogen-bond donors (Lipinski definition) is 1. The van der Waals surface area contributed by atoms with Crippen LogP contribution < -0.4 is 0 Å². The molecule has 1 aliphatic carbocycles. The Hall–Kier alpha value is -0.780. The smallest absolute Gasteiger partial charge is 0.401 e. The van der Waals surface area contributed by atoms with Crippen molar-refractivity contribution < 1.29 is 23.1 Å². The predicted octanol–water partition coefficient (Wildman–Crippen LogP) is 3.15. The van der Waals surface area contributed by atoms with E-state index in [-0.39, 0.29) is 17.4 Å². The normalized spacial score (nSPS) is 27.5. The molecule has 1 rings (SSSR count). The van der Waals surface area contributed by atoms with Gasteiger partial charge >= 0.3 is 12.1 Å². The lowest BCUT2D eigenvalue weighted by Gasteiger charge is -2.44. The molecule has 0 saturated heterocycles. The van der Waals surface area contributed by atoms with Crippen molar-refractivity contribution in [1.82, 2.24) is 4.90 Å². The molecule has 112 valence electrons. The minimum absolute atomic E-state index is 0.0745. The van der Waals surface area contributed by atoms with E-state index in [1.54, 1.807) is 0 Å². The van der Waals surface area contributed by atoms with E-state index >= 15 is 0 Å². The molecule has 2 atom stereocenters. The molecule has 1 N–H and O–H groups in total. The van der Waals surface area contributed by atoms with Crippen LogP contribution in [0.1, 0.15) is 40.0 Å². The van der Waals surface area contributed by atoms with E-state index < -0.39 is 25.2 Å². The van der Waals surface area contributed by atoms with Crippen molar-refractivity contribution in [3.8, 4) is 0 Å². The Balaban J connectivity index is 2.77. The van der Waals surface area contributed by atoms with Gasteiger partial charge in [0.1, 0.15) is 0 Å². The first-order valence-corrected chi connectivity index (χ1v) is 6.53. The second kappa shape index (κ2) is 5.69. The molecule has 0 amide bonds. The Morgan fingerprint density at radius 1 is 1.42 bits per heavy atom. The van der Waals surface area contributed by atoms with Gasteiger partial charge in [0.05, 0.1) is 13.1 Å². The molecule has 1 saturated carbocycles. The first kappa shape index (κ1) is 16.3. The standard InChI is InChI=1S/C13H22F3NO2/c1-9-6-12(2,3)5-4-10(9)17(7-11(18)19)8-13(14,15)16/h9-10H,4-8H2,1-3H3,(H,18,19). The fourth-order valence-electron chi connectivity index (χ4n) is 3.17. The highest BCUT2D eigenvalue weighted by molar-refractivity contribution is 5.69. The molecule has 0 heterocycles. The maximum absolute atomic E-state index is 12.6. The topological polar surface area (TPSA) is 40.5 Å². The number of halogens is 3. The molecular weight excluding hydrogens is 259 g/mol. The molecule has 1 fully saturated rings. The van der Waals surface area contributed by atoms with Crippen LogP contribution in [0.15, 0.2) is 0 Å². The van der Waals surface area contributed by atoms with Gasteiger partial charge in [-0.2, -0.15) is 13.2 Å². The quantitative estimate of drug-likeness (QED) is 0.860. The molecule has 0 radical (unpaired) electrons. The van der Waals surface area contributed by atoms with E-state index in [0.717, 1.165) is 17.7 Å². The van der Waals surface area contributed by atoms with E-state index in [9.17, 15) is 18.0 Å². The largest absolute Gasteiger partial charge is 0.480 e. The van der Waals surface area contributed by atoms with Crippen molar-refractivity contribution in [3.05, 3.63) is 0 Å². The van der Waals surface area contributed by atoms with E-state index in [1.165, 1.54) is 0 Å². The highest BCUT2D eigenvalue weighted by atomic mass is 19.4. The van der Waals surface area contributed by atoms with Crippen LogP contribution in [0, 0.1) is 11.3 Å². The zero-order valence-electron chi connectivity index (χ0n) is 11.6. The number of aliphatic carboxylic acids is 1. The zero-order chi connectivity index (χ0) is 14.8. The molecule has 3 nitrogen and oxygen atoms in total. The summed E-state index contributed by atoms with van der Waals surface area (Å²) >= 11 is 0. The third-order valence-corrected chi connectivity index (χ3v) is 3.84. The monoisotopic (exact) mass is 281 g/mol. The average molecular weight is 281 g/mol. The molecule has 2 unspecified atom stereocenters. The van der Waals surface area contributed by atoms with Gasteiger partial charge in [-0.3, -0.25) is 9.69 Å². The van der Waals surface area contributed by atoms with Crippen LogP contribution in [-0.2, 0) is 4.79 Å². The van der Waals surface area contributed by atoms with Crippen LogP contribution in [0.4, 0.5) is 13.2 Å². The Morgan fingerprint density at radius 3 is 2.42 bits per heavy atom. The second-order valence-electron chi connectivity index (χ2n) is 6.37. The first-order chi connectivity index (χ1) is 8.50. The summed E-state index contributed by atoms with van der Waals surface area (Å²) in [4.78, 5) is 11.8. The third-order valence-electron chi connectivity index (χ3n) is 3.84. The molecule has 0 spiro atoms. The Bertz CT molecular complexity index is 328. The lowest BCUT2D eigenvalue weighted by Crippen LogP contribution is -2.50. The van der Waals surface area contributed by atoms with E-state index in [1.807, 2.05) is 6.92 Å². The molecular formula is C13H22F3NO2. The predicted molar refractivity (Wildman–Crippen MR) is 65.8 cm³/mol. The van der Waals surface area contributed by atoms with Crippen molar-refractivity contribution in [2.24, 2.45) is 11.3 Å². The van der Waals surface area contributed by atoms with Crippen molar-refractivity contribution in [1.29, 1.82) is 0 Å². The van der Waals surface area contributed by atoms with Gasteiger partial charge in [0.25, 0.3) is 0 Å². The van der Waals surface area contributed by atoms with Gasteiger partial charge in [-0.05, 0) is 30.6 Å². The number of alkyl halides is 3. The summed E-state index contributed by atoms with van der Waals surface area (Å²) in [7, 11) is 0. The van der Waals surface area contributed by atoms with Crippen LogP contribution in [0.3, 0.4) is 0 Å². The van der Waals surface area contributed by atoms with Crippen molar-refractivity contribution in [3.63, 3.8) is 0 Å². The van der Waals surface area contributed by atoms with E-state index in [4.69, 9.17) is 5.11 Å². The second-order valence-corrected chi connectivity index (χ2v) is 6.37.